The number of amides is 3. The second-order valence-electron chi connectivity index (χ2n) is 2.77. The normalized spacial score (nSPS) is 25.8. The van der Waals surface area contributed by atoms with Gasteiger partial charge in [0.05, 0.1) is 5.75 Å². The van der Waals surface area contributed by atoms with E-state index in [1.807, 2.05) is 0 Å². The van der Waals surface area contributed by atoms with Gasteiger partial charge in [-0.25, -0.2) is 13.2 Å². The number of urea groups is 1. The zero-order chi connectivity index (χ0) is 10.2. The van der Waals surface area contributed by atoms with E-state index in [9.17, 15) is 18.0 Å². The van der Waals surface area contributed by atoms with Gasteiger partial charge in [-0.1, -0.05) is 0 Å². The zero-order valence-electron chi connectivity index (χ0n) is 6.63. The van der Waals surface area contributed by atoms with Crippen LogP contribution in [-0.4, -0.2) is 42.9 Å². The molecule has 1 aliphatic rings. The molecule has 8 heteroatoms. The molecular formula is C5H9N3O4S. The zero-order valence-corrected chi connectivity index (χ0v) is 7.45. The molecule has 1 heterocycles. The summed E-state index contributed by atoms with van der Waals surface area (Å²) in [4.78, 5) is 22.1. The van der Waals surface area contributed by atoms with Crippen molar-refractivity contribution in [2.45, 2.75) is 6.04 Å². The summed E-state index contributed by atoms with van der Waals surface area (Å²) in [6.45, 7) is 0. The van der Waals surface area contributed by atoms with E-state index in [0.29, 0.717) is 0 Å². The second-order valence-corrected chi connectivity index (χ2v) is 4.84. The number of hydrogen-bond acceptors (Lipinski definition) is 4. The maximum Gasteiger partial charge on any atom is 0.316 e. The van der Waals surface area contributed by atoms with Gasteiger partial charge in [0.25, 0.3) is 0 Å². The van der Waals surface area contributed by atoms with Crippen LogP contribution in [0.15, 0.2) is 0 Å². The predicted octanol–water partition coefficient (Wildman–Crippen LogP) is -2.39. The lowest BCUT2D eigenvalue weighted by Gasteiger charge is -2.16. The SMILES string of the molecule is NC(=O)C1CS(=O)(=O)CN1C(N)=O. The Hall–Kier alpha value is -1.31. The fourth-order valence-corrected chi connectivity index (χ4v) is 2.80. The van der Waals surface area contributed by atoms with E-state index in [1.165, 1.54) is 0 Å². The van der Waals surface area contributed by atoms with E-state index >= 15 is 0 Å². The Morgan fingerprint density at radius 1 is 1.31 bits per heavy atom. The third-order valence-electron chi connectivity index (χ3n) is 1.74. The number of primary amides is 2. The van der Waals surface area contributed by atoms with Gasteiger partial charge in [-0.2, -0.15) is 0 Å². The quantitative estimate of drug-likeness (QED) is 0.497. The fourth-order valence-electron chi connectivity index (χ4n) is 1.14. The molecule has 0 aromatic heterocycles. The summed E-state index contributed by atoms with van der Waals surface area (Å²) in [6.07, 6.45) is 0. The van der Waals surface area contributed by atoms with Gasteiger partial charge in [0.15, 0.2) is 9.84 Å². The molecule has 0 radical (unpaired) electrons. The second kappa shape index (κ2) is 2.87. The molecule has 1 saturated heterocycles. The number of hydrogen-bond donors (Lipinski definition) is 2. The minimum Gasteiger partial charge on any atom is -0.368 e. The molecule has 13 heavy (non-hydrogen) atoms. The van der Waals surface area contributed by atoms with Gasteiger partial charge in [0, 0.05) is 0 Å². The highest BCUT2D eigenvalue weighted by atomic mass is 32.2. The summed E-state index contributed by atoms with van der Waals surface area (Å²) in [5.41, 5.74) is 9.76. The molecule has 3 amide bonds. The first kappa shape index (κ1) is 9.78. The lowest BCUT2D eigenvalue weighted by atomic mass is 10.3. The Morgan fingerprint density at radius 2 is 1.85 bits per heavy atom. The summed E-state index contributed by atoms with van der Waals surface area (Å²) in [6, 6.07) is -2.08. The third kappa shape index (κ3) is 1.89. The van der Waals surface area contributed by atoms with Crippen LogP contribution in [0.25, 0.3) is 0 Å². The maximum absolute atomic E-state index is 11.0. The van der Waals surface area contributed by atoms with Crippen LogP contribution in [-0.2, 0) is 14.6 Å². The Morgan fingerprint density at radius 3 is 2.15 bits per heavy atom. The Kier molecular flexibility index (Phi) is 2.16. The summed E-state index contributed by atoms with van der Waals surface area (Å²) in [5.74, 6) is -1.83. The highest BCUT2D eigenvalue weighted by Gasteiger charge is 2.40. The monoisotopic (exact) mass is 207 g/mol. The van der Waals surface area contributed by atoms with Crippen molar-refractivity contribution in [2.24, 2.45) is 11.5 Å². The summed E-state index contributed by atoms with van der Waals surface area (Å²) < 4.78 is 22.0. The summed E-state index contributed by atoms with van der Waals surface area (Å²) in [5, 5.41) is 0. The number of rotatable bonds is 1. The van der Waals surface area contributed by atoms with Gasteiger partial charge < -0.3 is 11.5 Å². The largest absolute Gasteiger partial charge is 0.368 e. The predicted molar refractivity (Wildman–Crippen MR) is 43.1 cm³/mol. The van der Waals surface area contributed by atoms with Gasteiger partial charge in [0.2, 0.25) is 5.91 Å². The molecule has 0 aliphatic carbocycles. The molecule has 1 atom stereocenters. The molecule has 0 spiro atoms. The summed E-state index contributed by atoms with van der Waals surface area (Å²) >= 11 is 0. The number of carbonyl (C=O) groups is 2. The fraction of sp³-hybridized carbons (Fsp3) is 0.600. The van der Waals surface area contributed by atoms with Crippen LogP contribution in [0, 0.1) is 0 Å². The molecule has 0 aromatic carbocycles. The van der Waals surface area contributed by atoms with Crippen molar-refractivity contribution in [2.75, 3.05) is 11.6 Å². The Bertz CT molecular complexity index is 321. The van der Waals surface area contributed by atoms with E-state index in [0.717, 1.165) is 4.90 Å². The van der Waals surface area contributed by atoms with Crippen molar-refractivity contribution < 1.29 is 18.0 Å². The van der Waals surface area contributed by atoms with Crippen LogP contribution in [0.4, 0.5) is 4.79 Å². The average Bonchev–Trinajstić information content (AvgIpc) is 2.26. The lowest BCUT2D eigenvalue weighted by molar-refractivity contribution is -0.121. The lowest BCUT2D eigenvalue weighted by Crippen LogP contribution is -2.47. The summed E-state index contributed by atoms with van der Waals surface area (Å²) in [7, 11) is -3.41. The smallest absolute Gasteiger partial charge is 0.316 e. The van der Waals surface area contributed by atoms with Crippen molar-refractivity contribution in [3.05, 3.63) is 0 Å². The molecule has 0 saturated carbocycles. The number of carbonyl (C=O) groups excluding carboxylic acids is 2. The minimum atomic E-state index is -3.41. The van der Waals surface area contributed by atoms with Crippen molar-refractivity contribution in [1.82, 2.24) is 4.90 Å². The Labute approximate surface area is 74.6 Å². The van der Waals surface area contributed by atoms with Crippen molar-refractivity contribution in [3.63, 3.8) is 0 Å². The van der Waals surface area contributed by atoms with Gasteiger partial charge in [0.1, 0.15) is 11.9 Å². The van der Waals surface area contributed by atoms with E-state index in [4.69, 9.17) is 11.5 Å². The maximum atomic E-state index is 11.0. The van der Waals surface area contributed by atoms with Crippen LogP contribution in [0.2, 0.25) is 0 Å². The first-order chi connectivity index (χ1) is 5.83. The molecule has 0 aromatic rings. The van der Waals surface area contributed by atoms with E-state index in [-0.39, 0.29) is 0 Å². The van der Waals surface area contributed by atoms with Crippen molar-refractivity contribution in [1.29, 1.82) is 0 Å². The van der Waals surface area contributed by atoms with Crippen LogP contribution in [0.1, 0.15) is 0 Å². The molecule has 1 aliphatic heterocycles. The van der Waals surface area contributed by atoms with Crippen LogP contribution in [0.5, 0.6) is 0 Å². The third-order valence-corrected chi connectivity index (χ3v) is 3.23. The van der Waals surface area contributed by atoms with Gasteiger partial charge in [-0.3, -0.25) is 9.69 Å². The van der Waals surface area contributed by atoms with Crippen LogP contribution >= 0.6 is 0 Å². The number of nitrogens with two attached hydrogens (primary N) is 2. The van der Waals surface area contributed by atoms with E-state index in [2.05, 4.69) is 0 Å². The van der Waals surface area contributed by atoms with Gasteiger partial charge in [-0.05, 0) is 0 Å². The molecular weight excluding hydrogens is 198 g/mol. The van der Waals surface area contributed by atoms with Gasteiger partial charge >= 0.3 is 6.03 Å². The van der Waals surface area contributed by atoms with Crippen molar-refractivity contribution >= 4 is 21.8 Å². The minimum absolute atomic E-state index is 0.439. The topological polar surface area (TPSA) is 124 Å². The van der Waals surface area contributed by atoms with Crippen molar-refractivity contribution in [3.8, 4) is 0 Å². The highest BCUT2D eigenvalue weighted by molar-refractivity contribution is 7.91. The number of sulfone groups is 1. The average molecular weight is 207 g/mol. The molecule has 0 bridgehead atoms. The molecule has 4 N–H and O–H groups in total. The molecule has 1 rings (SSSR count). The van der Waals surface area contributed by atoms with Crippen LogP contribution < -0.4 is 11.5 Å². The van der Waals surface area contributed by atoms with E-state index in [1.54, 1.807) is 0 Å². The van der Waals surface area contributed by atoms with Crippen LogP contribution in [0.3, 0.4) is 0 Å². The molecule has 74 valence electrons. The Balaban J connectivity index is 2.97. The molecule has 1 unspecified atom stereocenters. The standard InChI is InChI=1S/C5H9N3O4S/c6-4(9)3-1-13(11,12)2-8(3)5(7)10/h3H,1-2H2,(H2,6,9)(H2,7,10). The molecule has 7 nitrogen and oxygen atoms in total. The first-order valence-electron chi connectivity index (χ1n) is 3.39. The molecule has 1 fully saturated rings. The first-order valence-corrected chi connectivity index (χ1v) is 5.21. The van der Waals surface area contributed by atoms with Gasteiger partial charge in [-0.15, -0.1) is 0 Å². The highest BCUT2D eigenvalue weighted by Crippen LogP contribution is 2.14. The van der Waals surface area contributed by atoms with E-state index < -0.39 is 39.4 Å². The number of nitrogens with zero attached hydrogens (tertiary/aromatic N) is 1.